The first-order chi connectivity index (χ1) is 11.7. The summed E-state index contributed by atoms with van der Waals surface area (Å²) < 4.78 is 29.9. The molecule has 0 atom stereocenters. The summed E-state index contributed by atoms with van der Waals surface area (Å²) in [7, 11) is -1.79. The van der Waals surface area contributed by atoms with Gasteiger partial charge in [0.15, 0.2) is 5.03 Å². The molecule has 25 heavy (non-hydrogen) atoms. The highest BCUT2D eigenvalue weighted by Gasteiger charge is 2.38. The van der Waals surface area contributed by atoms with Crippen molar-refractivity contribution < 1.29 is 8.42 Å². The van der Waals surface area contributed by atoms with E-state index in [9.17, 15) is 13.2 Å². The Labute approximate surface area is 147 Å². The minimum absolute atomic E-state index is 0.0788. The van der Waals surface area contributed by atoms with Crippen LogP contribution in [0.25, 0.3) is 0 Å². The Balaban J connectivity index is 1.70. The van der Waals surface area contributed by atoms with Crippen molar-refractivity contribution in [3.8, 4) is 0 Å². The summed E-state index contributed by atoms with van der Waals surface area (Å²) in [6, 6.07) is 3.15. The molecule has 0 aromatic carbocycles. The molecule has 2 aromatic rings. The normalized spacial score (nSPS) is 16.4. The first-order valence-corrected chi connectivity index (χ1v) is 9.70. The minimum Gasteiger partial charge on any atom is -0.336 e. The van der Waals surface area contributed by atoms with E-state index in [2.05, 4.69) is 10.1 Å². The molecule has 1 fully saturated rings. The Morgan fingerprint density at radius 1 is 1.28 bits per heavy atom. The lowest BCUT2D eigenvalue weighted by molar-refractivity contribution is 0.172. The van der Waals surface area contributed by atoms with Crippen molar-refractivity contribution in [2.24, 2.45) is 13.0 Å². The van der Waals surface area contributed by atoms with Gasteiger partial charge in [0.1, 0.15) is 5.82 Å². The zero-order valence-electron chi connectivity index (χ0n) is 14.9. The average Bonchev–Trinajstić information content (AvgIpc) is 2.88. The highest BCUT2D eigenvalue weighted by atomic mass is 32.2. The number of sulfonamides is 1. The smallest absolute Gasteiger partial charge is 0.266 e. The quantitative estimate of drug-likeness (QED) is 0.779. The van der Waals surface area contributed by atoms with Gasteiger partial charge in [-0.25, -0.2) is 18.1 Å². The summed E-state index contributed by atoms with van der Waals surface area (Å²) in [6.07, 6.45) is 1.56. The third-order valence-electron chi connectivity index (χ3n) is 4.37. The summed E-state index contributed by atoms with van der Waals surface area (Å²) >= 11 is 0. The third-order valence-corrected chi connectivity index (χ3v) is 6.07. The van der Waals surface area contributed by atoms with Gasteiger partial charge in [-0.2, -0.15) is 9.40 Å². The molecule has 3 rings (SSSR count). The zero-order valence-corrected chi connectivity index (χ0v) is 15.7. The Morgan fingerprint density at radius 2 is 1.96 bits per heavy atom. The largest absolute Gasteiger partial charge is 0.336 e. The van der Waals surface area contributed by atoms with E-state index < -0.39 is 10.0 Å². The van der Waals surface area contributed by atoms with Crippen molar-refractivity contribution in [3.05, 3.63) is 40.2 Å². The van der Waals surface area contributed by atoms with Crippen LogP contribution in [-0.4, -0.2) is 45.1 Å². The summed E-state index contributed by atoms with van der Waals surface area (Å²) in [5.74, 6) is 0.971. The maximum atomic E-state index is 12.7. The van der Waals surface area contributed by atoms with Crippen LogP contribution in [0.4, 0.5) is 0 Å². The molecule has 0 spiro atoms. The maximum absolute atomic E-state index is 12.7. The van der Waals surface area contributed by atoms with E-state index in [1.54, 1.807) is 23.9 Å². The van der Waals surface area contributed by atoms with E-state index in [1.807, 2.05) is 20.8 Å². The first kappa shape index (κ1) is 17.8. The van der Waals surface area contributed by atoms with Crippen molar-refractivity contribution in [1.29, 1.82) is 0 Å². The standard InChI is InChI=1S/C16H23N5O3S/c1-11(2)16-17-14(10-19(16)4)25(23,24)20-7-13(8-20)9-21-15(22)6-5-12(3)18-21/h5-6,10-11,13H,7-9H2,1-4H3. The fourth-order valence-electron chi connectivity index (χ4n) is 3.01. The van der Waals surface area contributed by atoms with Gasteiger partial charge in [0.05, 0.1) is 12.2 Å². The van der Waals surface area contributed by atoms with Crippen molar-refractivity contribution in [2.45, 2.75) is 38.3 Å². The number of nitrogens with zero attached hydrogens (tertiary/aromatic N) is 5. The van der Waals surface area contributed by atoms with Gasteiger partial charge in [-0.15, -0.1) is 0 Å². The zero-order chi connectivity index (χ0) is 18.4. The van der Waals surface area contributed by atoms with Crippen LogP contribution in [0.5, 0.6) is 0 Å². The van der Waals surface area contributed by atoms with Crippen molar-refractivity contribution in [2.75, 3.05) is 13.1 Å². The van der Waals surface area contributed by atoms with E-state index in [0.29, 0.717) is 19.6 Å². The van der Waals surface area contributed by atoms with Gasteiger partial charge in [0.25, 0.3) is 15.6 Å². The maximum Gasteiger partial charge on any atom is 0.266 e. The van der Waals surface area contributed by atoms with Crippen LogP contribution < -0.4 is 5.56 Å². The summed E-state index contributed by atoms with van der Waals surface area (Å²) in [4.78, 5) is 16.1. The molecule has 1 saturated heterocycles. The summed E-state index contributed by atoms with van der Waals surface area (Å²) in [5, 5.41) is 4.28. The Morgan fingerprint density at radius 3 is 2.56 bits per heavy atom. The lowest BCUT2D eigenvalue weighted by Crippen LogP contribution is -2.52. The van der Waals surface area contributed by atoms with Gasteiger partial charge in [0, 0.05) is 44.2 Å². The molecule has 2 aromatic heterocycles. The molecule has 1 aliphatic rings. The highest BCUT2D eigenvalue weighted by molar-refractivity contribution is 7.89. The molecule has 0 bridgehead atoms. The fourth-order valence-corrected chi connectivity index (χ4v) is 4.58. The second-order valence-corrected chi connectivity index (χ2v) is 8.77. The van der Waals surface area contributed by atoms with E-state index in [1.165, 1.54) is 15.1 Å². The molecule has 0 N–H and O–H groups in total. The molecule has 1 aliphatic heterocycles. The fraction of sp³-hybridized carbons (Fsp3) is 0.562. The third kappa shape index (κ3) is 3.38. The van der Waals surface area contributed by atoms with Gasteiger partial charge >= 0.3 is 0 Å². The monoisotopic (exact) mass is 365 g/mol. The SMILES string of the molecule is Cc1ccc(=O)n(CC2CN(S(=O)(=O)c3cn(C)c(C(C)C)n3)C2)n1. The Hall–Kier alpha value is -2.00. The lowest BCUT2D eigenvalue weighted by Gasteiger charge is -2.37. The topological polar surface area (TPSA) is 90.1 Å². The Bertz CT molecular complexity index is 939. The van der Waals surface area contributed by atoms with Crippen LogP contribution in [0.2, 0.25) is 0 Å². The first-order valence-electron chi connectivity index (χ1n) is 8.26. The molecule has 3 heterocycles. The number of aromatic nitrogens is 4. The summed E-state index contributed by atoms with van der Waals surface area (Å²) in [6.45, 7) is 6.94. The van der Waals surface area contributed by atoms with Crippen molar-refractivity contribution >= 4 is 10.0 Å². The van der Waals surface area contributed by atoms with Gasteiger partial charge in [0.2, 0.25) is 0 Å². The van der Waals surface area contributed by atoms with E-state index in [-0.39, 0.29) is 22.4 Å². The second-order valence-electron chi connectivity index (χ2n) is 6.89. The van der Waals surface area contributed by atoms with Crippen molar-refractivity contribution in [3.63, 3.8) is 0 Å². The Kier molecular flexibility index (Phi) is 4.54. The summed E-state index contributed by atoms with van der Waals surface area (Å²) in [5.41, 5.74) is 0.594. The van der Waals surface area contributed by atoms with Crippen LogP contribution in [0.3, 0.4) is 0 Å². The van der Waals surface area contributed by atoms with Crippen LogP contribution in [0.15, 0.2) is 28.2 Å². The van der Waals surface area contributed by atoms with Crippen LogP contribution in [-0.2, 0) is 23.6 Å². The van der Waals surface area contributed by atoms with Crippen molar-refractivity contribution in [1.82, 2.24) is 23.6 Å². The van der Waals surface area contributed by atoms with Gasteiger partial charge in [-0.05, 0) is 13.0 Å². The second kappa shape index (κ2) is 6.38. The highest BCUT2D eigenvalue weighted by Crippen LogP contribution is 2.26. The minimum atomic E-state index is -3.59. The van der Waals surface area contributed by atoms with E-state index in [4.69, 9.17) is 0 Å². The van der Waals surface area contributed by atoms with Gasteiger partial charge in [-0.3, -0.25) is 4.79 Å². The van der Waals surface area contributed by atoms with E-state index in [0.717, 1.165) is 11.5 Å². The van der Waals surface area contributed by atoms with E-state index >= 15 is 0 Å². The lowest BCUT2D eigenvalue weighted by atomic mass is 10.0. The predicted molar refractivity (Wildman–Crippen MR) is 92.8 cm³/mol. The molecule has 0 aliphatic carbocycles. The molecule has 9 heteroatoms. The molecular weight excluding hydrogens is 342 g/mol. The van der Waals surface area contributed by atoms with Gasteiger partial charge in [-0.1, -0.05) is 13.8 Å². The molecule has 0 amide bonds. The van der Waals surface area contributed by atoms with Crippen LogP contribution >= 0.6 is 0 Å². The molecule has 0 radical (unpaired) electrons. The number of rotatable bonds is 5. The molecular formula is C16H23N5O3S. The molecule has 8 nitrogen and oxygen atoms in total. The predicted octanol–water partition coefficient (Wildman–Crippen LogP) is 0.729. The molecule has 0 saturated carbocycles. The number of aryl methyl sites for hydroxylation is 2. The molecule has 0 unspecified atom stereocenters. The van der Waals surface area contributed by atoms with Crippen LogP contribution in [0, 0.1) is 12.8 Å². The number of hydrogen-bond donors (Lipinski definition) is 0. The average molecular weight is 365 g/mol. The molecule has 136 valence electrons. The number of imidazole rings is 1. The number of hydrogen-bond acceptors (Lipinski definition) is 5. The van der Waals surface area contributed by atoms with Gasteiger partial charge < -0.3 is 4.57 Å². The van der Waals surface area contributed by atoms with Crippen LogP contribution in [0.1, 0.15) is 31.3 Å².